The molecule has 0 saturated carbocycles. The van der Waals surface area contributed by atoms with E-state index in [1.54, 1.807) is 10.6 Å². The molecule has 1 aromatic rings. The van der Waals surface area contributed by atoms with Crippen molar-refractivity contribution in [3.8, 4) is 0 Å². The fourth-order valence-corrected chi connectivity index (χ4v) is 4.82. The molecule has 1 aromatic heterocycles. The van der Waals surface area contributed by atoms with Gasteiger partial charge in [-0.25, -0.2) is 12.7 Å². The zero-order chi connectivity index (χ0) is 18.4. The van der Waals surface area contributed by atoms with Gasteiger partial charge in [-0.15, -0.1) is 24.0 Å². The monoisotopic (exact) mass is 512 g/mol. The van der Waals surface area contributed by atoms with Crippen molar-refractivity contribution in [2.45, 2.75) is 19.9 Å². The molecule has 0 atom stereocenters. The number of sulfonamides is 1. The Morgan fingerprint density at radius 2 is 2.07 bits per heavy atom. The van der Waals surface area contributed by atoms with Crippen LogP contribution in [0.4, 0.5) is 0 Å². The highest BCUT2D eigenvalue weighted by Gasteiger charge is 2.27. The van der Waals surface area contributed by atoms with Gasteiger partial charge < -0.3 is 14.7 Å². The average Bonchev–Trinajstić information content (AvgIpc) is 3.24. The van der Waals surface area contributed by atoms with Crippen molar-refractivity contribution in [2.75, 3.05) is 58.1 Å². The van der Waals surface area contributed by atoms with E-state index in [1.165, 1.54) is 0 Å². The van der Waals surface area contributed by atoms with Gasteiger partial charge in [0.2, 0.25) is 10.0 Å². The van der Waals surface area contributed by atoms with Gasteiger partial charge in [0.15, 0.2) is 5.96 Å². The maximum atomic E-state index is 11.9. The summed E-state index contributed by atoms with van der Waals surface area (Å²) in [5, 5.41) is 7.28. The van der Waals surface area contributed by atoms with E-state index < -0.39 is 10.0 Å². The maximum absolute atomic E-state index is 11.9. The predicted octanol–water partition coefficient (Wildman–Crippen LogP) is 0.411. The molecule has 2 saturated heterocycles. The summed E-state index contributed by atoms with van der Waals surface area (Å²) in [7, 11) is -3.04. The third-order valence-corrected chi connectivity index (χ3v) is 6.65. The van der Waals surface area contributed by atoms with Gasteiger partial charge in [-0.05, 0) is 13.3 Å². The summed E-state index contributed by atoms with van der Waals surface area (Å²) in [6.07, 6.45) is 2.32. The summed E-state index contributed by atoms with van der Waals surface area (Å²) < 4.78 is 30.2. The van der Waals surface area contributed by atoms with E-state index in [0.717, 1.165) is 57.3 Å². The Morgan fingerprint density at radius 1 is 1.30 bits per heavy atom. The molecule has 1 N–H and O–H groups in total. The average molecular weight is 512 g/mol. The van der Waals surface area contributed by atoms with Crippen LogP contribution in [0.25, 0.3) is 0 Å². The molecule has 0 amide bonds. The van der Waals surface area contributed by atoms with Gasteiger partial charge in [-0.2, -0.15) is 0 Å². The van der Waals surface area contributed by atoms with Crippen molar-refractivity contribution < 1.29 is 12.9 Å². The minimum Gasteiger partial charge on any atom is -0.364 e. The topological polar surface area (TPSA) is 94.3 Å². The fourth-order valence-electron chi connectivity index (χ4n) is 3.30. The predicted molar refractivity (Wildman–Crippen MR) is 115 cm³/mol. The van der Waals surface area contributed by atoms with Crippen molar-refractivity contribution in [3.05, 3.63) is 18.0 Å². The van der Waals surface area contributed by atoms with E-state index in [9.17, 15) is 8.42 Å². The molecule has 2 aliphatic rings. The molecule has 27 heavy (non-hydrogen) atoms. The van der Waals surface area contributed by atoms with Crippen LogP contribution < -0.4 is 5.32 Å². The maximum Gasteiger partial charge on any atom is 0.214 e. The molecular formula is C16H29IN6O3S. The van der Waals surface area contributed by atoms with Crippen molar-refractivity contribution in [1.29, 1.82) is 0 Å². The molecule has 0 spiro atoms. The Morgan fingerprint density at radius 3 is 2.67 bits per heavy atom. The Bertz CT molecular complexity index is 689. The summed E-state index contributed by atoms with van der Waals surface area (Å²) in [4.78, 5) is 9.23. The highest BCUT2D eigenvalue weighted by molar-refractivity contribution is 14.0. The molecule has 11 heteroatoms. The van der Waals surface area contributed by atoms with Gasteiger partial charge in [-0.1, -0.05) is 5.16 Å². The smallest absolute Gasteiger partial charge is 0.214 e. The van der Waals surface area contributed by atoms with Crippen molar-refractivity contribution in [1.82, 2.24) is 24.6 Å². The first-order chi connectivity index (χ1) is 12.6. The number of hydrogen-bond donors (Lipinski definition) is 1. The molecule has 0 radical (unpaired) electrons. The van der Waals surface area contributed by atoms with E-state index in [4.69, 9.17) is 4.52 Å². The van der Waals surface area contributed by atoms with Gasteiger partial charge >= 0.3 is 0 Å². The Kier molecular flexibility index (Phi) is 8.76. The van der Waals surface area contributed by atoms with Gasteiger partial charge in [0.25, 0.3) is 0 Å². The Balaban J connectivity index is 0.00000261. The highest BCUT2D eigenvalue weighted by atomic mass is 127. The van der Waals surface area contributed by atoms with Gasteiger partial charge in [0, 0.05) is 58.4 Å². The second-order valence-corrected chi connectivity index (χ2v) is 8.65. The van der Waals surface area contributed by atoms with E-state index in [2.05, 4.69) is 25.3 Å². The molecule has 0 aliphatic carbocycles. The zero-order valence-electron chi connectivity index (χ0n) is 15.7. The number of hydrogen-bond acceptors (Lipinski definition) is 6. The van der Waals surface area contributed by atoms with E-state index in [0.29, 0.717) is 19.6 Å². The molecule has 3 rings (SSSR count). The van der Waals surface area contributed by atoms with Crippen LogP contribution in [0.1, 0.15) is 19.0 Å². The fraction of sp³-hybridized carbons (Fsp3) is 0.750. The minimum atomic E-state index is -3.04. The number of piperazine rings is 1. The molecule has 154 valence electrons. The van der Waals surface area contributed by atoms with Crippen molar-refractivity contribution in [3.63, 3.8) is 0 Å². The van der Waals surface area contributed by atoms with Crippen LogP contribution in [-0.4, -0.2) is 91.7 Å². The Hall–Kier alpha value is -0.920. The molecule has 0 aromatic carbocycles. The molecule has 3 heterocycles. The molecule has 2 aliphatic heterocycles. The lowest BCUT2D eigenvalue weighted by Gasteiger charge is -2.36. The first kappa shape index (κ1) is 22.4. The zero-order valence-corrected chi connectivity index (χ0v) is 18.9. The molecular weight excluding hydrogens is 483 g/mol. The molecule has 0 bridgehead atoms. The number of guanidine groups is 1. The SMILES string of the molecule is CCNC(=NCCN1CCCS1(=O)=O)N1CCN(Cc2ccon2)CC1.I. The second-order valence-electron chi connectivity index (χ2n) is 6.56. The number of aromatic nitrogens is 1. The van der Waals surface area contributed by atoms with Crippen molar-refractivity contribution >= 4 is 40.0 Å². The number of nitrogens with one attached hydrogen (secondary N) is 1. The summed E-state index contributed by atoms with van der Waals surface area (Å²) >= 11 is 0. The lowest BCUT2D eigenvalue weighted by molar-refractivity contribution is 0.169. The third kappa shape index (κ3) is 6.29. The van der Waals surface area contributed by atoms with Gasteiger partial charge in [0.05, 0.1) is 18.0 Å². The lowest BCUT2D eigenvalue weighted by Crippen LogP contribution is -2.52. The van der Waals surface area contributed by atoms with Crippen LogP contribution >= 0.6 is 24.0 Å². The summed E-state index contributed by atoms with van der Waals surface area (Å²) in [5.41, 5.74) is 0.950. The van der Waals surface area contributed by atoms with Crippen LogP contribution in [0.15, 0.2) is 21.8 Å². The quantitative estimate of drug-likeness (QED) is 0.335. The summed E-state index contributed by atoms with van der Waals surface area (Å²) in [6, 6.07) is 1.89. The van der Waals surface area contributed by atoms with E-state index in [-0.39, 0.29) is 29.7 Å². The number of halogens is 1. The van der Waals surface area contributed by atoms with Crippen molar-refractivity contribution in [2.24, 2.45) is 4.99 Å². The minimum absolute atomic E-state index is 0. The summed E-state index contributed by atoms with van der Waals surface area (Å²) in [6.45, 7) is 8.82. The lowest BCUT2D eigenvalue weighted by atomic mass is 10.3. The van der Waals surface area contributed by atoms with Crippen LogP contribution in [0.3, 0.4) is 0 Å². The van der Waals surface area contributed by atoms with Crippen LogP contribution in [0.5, 0.6) is 0 Å². The third-order valence-electron chi connectivity index (χ3n) is 4.70. The molecule has 9 nitrogen and oxygen atoms in total. The molecule has 2 fully saturated rings. The van der Waals surface area contributed by atoms with Gasteiger partial charge in [-0.3, -0.25) is 9.89 Å². The molecule has 0 unspecified atom stereocenters. The number of nitrogens with zero attached hydrogens (tertiary/aromatic N) is 5. The van der Waals surface area contributed by atoms with E-state index >= 15 is 0 Å². The first-order valence-corrected chi connectivity index (χ1v) is 10.8. The standard InChI is InChI=1S/C16H28N6O3S.HI/c1-2-17-16(18-5-7-22-6-3-13-26(22,23)24)21-10-8-20(9-11-21)14-15-4-12-25-19-15;/h4,12H,2-3,5-11,13-14H2,1H3,(H,17,18);1H. The number of aliphatic imine (C=N–C) groups is 1. The van der Waals surface area contributed by atoms with Crippen LogP contribution in [0.2, 0.25) is 0 Å². The van der Waals surface area contributed by atoms with E-state index in [1.807, 2.05) is 13.0 Å². The summed E-state index contributed by atoms with van der Waals surface area (Å²) in [5.74, 6) is 1.13. The second kappa shape index (κ2) is 10.6. The normalized spacial score (nSPS) is 21.2. The van der Waals surface area contributed by atoms with Crippen LogP contribution in [-0.2, 0) is 16.6 Å². The first-order valence-electron chi connectivity index (χ1n) is 9.21. The highest BCUT2D eigenvalue weighted by Crippen LogP contribution is 2.12. The van der Waals surface area contributed by atoms with Gasteiger partial charge in [0.1, 0.15) is 6.26 Å². The largest absolute Gasteiger partial charge is 0.364 e. The number of rotatable bonds is 6. The van der Waals surface area contributed by atoms with Crippen LogP contribution in [0, 0.1) is 0 Å². The Labute approximate surface area is 178 Å².